The minimum Gasteiger partial charge on any atom is -0.438 e. The van der Waals surface area contributed by atoms with Crippen LogP contribution in [-0.2, 0) is 17.7 Å². The van der Waals surface area contributed by atoms with Gasteiger partial charge in [0, 0.05) is 6.42 Å². The fraction of sp³-hybridized carbons (Fsp3) is 0.316. The third-order valence-electron chi connectivity index (χ3n) is 4.63. The van der Waals surface area contributed by atoms with Crippen molar-refractivity contribution in [3.8, 4) is 0 Å². The lowest BCUT2D eigenvalue weighted by Crippen LogP contribution is -2.55. The van der Waals surface area contributed by atoms with Crippen LogP contribution in [-0.4, -0.2) is 27.4 Å². The fourth-order valence-electron chi connectivity index (χ4n) is 2.98. The molecule has 2 aromatic rings. The molecule has 3 rings (SSSR count). The van der Waals surface area contributed by atoms with Crippen molar-refractivity contribution in [2.24, 2.45) is 0 Å². The predicted octanol–water partition coefficient (Wildman–Crippen LogP) is 3.35. The van der Waals surface area contributed by atoms with Gasteiger partial charge in [-0.15, -0.1) is 0 Å². The number of hydrogen-bond donors (Lipinski definition) is 1. The van der Waals surface area contributed by atoms with Crippen molar-refractivity contribution in [2.45, 2.75) is 38.1 Å². The molecule has 4 heteroatoms. The summed E-state index contributed by atoms with van der Waals surface area (Å²) in [7, 11) is 0. The van der Waals surface area contributed by atoms with Crippen LogP contribution in [0.4, 0.5) is 4.79 Å². The summed E-state index contributed by atoms with van der Waals surface area (Å²) in [6.07, 6.45) is -0.0324. The predicted molar refractivity (Wildman–Crippen MR) is 87.6 cm³/mol. The Labute approximate surface area is 136 Å². The number of aliphatic hydroxyl groups is 1. The molecule has 2 aromatic carbocycles. The highest BCUT2D eigenvalue weighted by molar-refractivity contribution is 5.72. The van der Waals surface area contributed by atoms with Gasteiger partial charge in [0.2, 0.25) is 0 Å². The molecule has 1 amide bonds. The molecule has 23 heavy (non-hydrogen) atoms. The molecular weight excluding hydrogens is 290 g/mol. The molecule has 0 aromatic heterocycles. The molecule has 120 valence electrons. The fourth-order valence-corrected chi connectivity index (χ4v) is 2.98. The normalized spacial score (nSPS) is 27.1. The molecule has 0 bridgehead atoms. The Morgan fingerprint density at radius 3 is 2.04 bits per heavy atom. The number of carbonyl (C=O) groups is 1. The van der Waals surface area contributed by atoms with Gasteiger partial charge in [0.05, 0.1) is 6.54 Å². The molecule has 0 spiro atoms. The molecule has 1 aliphatic rings. The second-order valence-corrected chi connectivity index (χ2v) is 6.35. The summed E-state index contributed by atoms with van der Waals surface area (Å²) in [5.74, 6) is 0. The molecule has 2 unspecified atom stereocenters. The van der Waals surface area contributed by atoms with Crippen molar-refractivity contribution in [3.05, 3.63) is 71.8 Å². The van der Waals surface area contributed by atoms with Crippen molar-refractivity contribution in [1.82, 2.24) is 4.90 Å². The van der Waals surface area contributed by atoms with Crippen molar-refractivity contribution in [1.29, 1.82) is 0 Å². The second kappa shape index (κ2) is 5.70. The Morgan fingerprint density at radius 2 is 1.48 bits per heavy atom. The van der Waals surface area contributed by atoms with Crippen molar-refractivity contribution >= 4 is 6.09 Å². The molecule has 1 fully saturated rings. The average Bonchev–Trinajstić information content (AvgIpc) is 2.69. The topological polar surface area (TPSA) is 49.8 Å². The third-order valence-corrected chi connectivity index (χ3v) is 4.63. The molecule has 1 aliphatic heterocycles. The summed E-state index contributed by atoms with van der Waals surface area (Å²) < 4.78 is 5.59. The summed E-state index contributed by atoms with van der Waals surface area (Å²) in [6, 6.07) is 19.3. The largest absolute Gasteiger partial charge is 0.438 e. The number of ether oxygens (including phenoxy) is 1. The summed E-state index contributed by atoms with van der Waals surface area (Å²) >= 11 is 0. The zero-order chi connectivity index (χ0) is 16.5. The van der Waals surface area contributed by atoms with Crippen LogP contribution in [0.15, 0.2) is 60.7 Å². The maximum Gasteiger partial charge on any atom is 0.413 e. The monoisotopic (exact) mass is 311 g/mol. The first-order valence-electron chi connectivity index (χ1n) is 7.73. The highest BCUT2D eigenvalue weighted by Crippen LogP contribution is 2.40. The third kappa shape index (κ3) is 2.82. The van der Waals surface area contributed by atoms with Gasteiger partial charge in [0.25, 0.3) is 0 Å². The van der Waals surface area contributed by atoms with Crippen LogP contribution in [0, 0.1) is 0 Å². The standard InChI is InChI=1S/C19H21NO3/c1-18(13-15-9-5-3-6-10-15)19(2,22)20(17(21)23-18)14-16-11-7-4-8-12-16/h3-12,22H,13-14H2,1-2H3. The molecule has 1 saturated heterocycles. The smallest absolute Gasteiger partial charge is 0.413 e. The number of rotatable bonds is 4. The number of carbonyl (C=O) groups excluding carboxylic acids is 1. The Morgan fingerprint density at radius 1 is 0.957 bits per heavy atom. The minimum absolute atomic E-state index is 0.317. The van der Waals surface area contributed by atoms with Gasteiger partial charge in [-0.1, -0.05) is 60.7 Å². The second-order valence-electron chi connectivity index (χ2n) is 6.35. The number of nitrogens with zero attached hydrogens (tertiary/aromatic N) is 1. The van der Waals surface area contributed by atoms with E-state index in [4.69, 9.17) is 4.74 Å². The van der Waals surface area contributed by atoms with E-state index in [0.29, 0.717) is 13.0 Å². The van der Waals surface area contributed by atoms with Crippen LogP contribution in [0.1, 0.15) is 25.0 Å². The zero-order valence-corrected chi connectivity index (χ0v) is 13.4. The van der Waals surface area contributed by atoms with Gasteiger partial charge >= 0.3 is 6.09 Å². The van der Waals surface area contributed by atoms with Crippen LogP contribution in [0.3, 0.4) is 0 Å². The SMILES string of the molecule is CC1(Cc2ccccc2)OC(=O)N(Cc2ccccc2)C1(C)O. The van der Waals surface area contributed by atoms with Crippen LogP contribution in [0.2, 0.25) is 0 Å². The van der Waals surface area contributed by atoms with Crippen molar-refractivity contribution < 1.29 is 14.6 Å². The lowest BCUT2D eigenvalue weighted by atomic mass is 9.86. The quantitative estimate of drug-likeness (QED) is 0.942. The first-order valence-corrected chi connectivity index (χ1v) is 7.73. The molecule has 1 heterocycles. The molecule has 0 radical (unpaired) electrons. The van der Waals surface area contributed by atoms with E-state index in [2.05, 4.69) is 0 Å². The van der Waals surface area contributed by atoms with Gasteiger partial charge in [-0.25, -0.2) is 4.79 Å². The van der Waals surface area contributed by atoms with E-state index >= 15 is 0 Å². The average molecular weight is 311 g/mol. The number of hydrogen-bond acceptors (Lipinski definition) is 3. The van der Waals surface area contributed by atoms with Crippen molar-refractivity contribution in [3.63, 3.8) is 0 Å². The van der Waals surface area contributed by atoms with Gasteiger partial charge in [0.1, 0.15) is 0 Å². The van der Waals surface area contributed by atoms with Gasteiger partial charge in [-0.2, -0.15) is 0 Å². The Kier molecular flexibility index (Phi) is 3.86. The van der Waals surface area contributed by atoms with Crippen LogP contribution in [0.5, 0.6) is 0 Å². The zero-order valence-electron chi connectivity index (χ0n) is 13.4. The Bertz CT molecular complexity index is 684. The number of amides is 1. The van der Waals surface area contributed by atoms with E-state index in [1.165, 1.54) is 4.90 Å². The van der Waals surface area contributed by atoms with Gasteiger partial charge in [-0.3, -0.25) is 4.90 Å². The summed E-state index contributed by atoms with van der Waals surface area (Å²) in [4.78, 5) is 13.7. The van der Waals surface area contributed by atoms with E-state index in [-0.39, 0.29) is 0 Å². The Balaban J connectivity index is 1.85. The van der Waals surface area contributed by atoms with Crippen molar-refractivity contribution in [2.75, 3.05) is 0 Å². The van der Waals surface area contributed by atoms with Crippen LogP contribution >= 0.6 is 0 Å². The van der Waals surface area contributed by atoms with Crippen LogP contribution < -0.4 is 0 Å². The first-order chi connectivity index (χ1) is 10.9. The summed E-state index contributed by atoms with van der Waals surface area (Å²) in [6.45, 7) is 3.74. The lowest BCUT2D eigenvalue weighted by Gasteiger charge is -2.37. The lowest BCUT2D eigenvalue weighted by molar-refractivity contribution is -0.137. The number of cyclic esters (lactones) is 1. The van der Waals surface area contributed by atoms with Crippen LogP contribution in [0.25, 0.3) is 0 Å². The number of benzene rings is 2. The maximum absolute atomic E-state index is 12.3. The molecule has 0 saturated carbocycles. The molecule has 2 atom stereocenters. The molecule has 0 aliphatic carbocycles. The highest BCUT2D eigenvalue weighted by Gasteiger charge is 2.59. The van der Waals surface area contributed by atoms with E-state index in [1.807, 2.05) is 60.7 Å². The highest BCUT2D eigenvalue weighted by atomic mass is 16.6. The molecular formula is C19H21NO3. The molecule has 1 N–H and O–H groups in total. The Hall–Kier alpha value is -2.33. The minimum atomic E-state index is -1.39. The van der Waals surface area contributed by atoms with E-state index < -0.39 is 17.4 Å². The van der Waals surface area contributed by atoms with E-state index in [1.54, 1.807) is 13.8 Å². The maximum atomic E-state index is 12.3. The first kappa shape index (κ1) is 15.6. The van der Waals surface area contributed by atoms with Gasteiger partial charge in [0.15, 0.2) is 11.3 Å². The summed E-state index contributed by atoms with van der Waals surface area (Å²) in [5, 5.41) is 11.0. The van der Waals surface area contributed by atoms with Gasteiger partial charge in [-0.05, 0) is 25.0 Å². The summed E-state index contributed by atoms with van der Waals surface area (Å²) in [5.41, 5.74) is -0.422. The van der Waals surface area contributed by atoms with E-state index in [0.717, 1.165) is 11.1 Å². The molecule has 4 nitrogen and oxygen atoms in total. The van der Waals surface area contributed by atoms with Gasteiger partial charge < -0.3 is 9.84 Å². The van der Waals surface area contributed by atoms with E-state index in [9.17, 15) is 9.90 Å².